The molecule has 2 rings (SSSR count). The zero-order valence-electron chi connectivity index (χ0n) is 6.46. The molecule has 4 nitrogen and oxygen atoms in total. The van der Waals surface area contributed by atoms with E-state index in [2.05, 4.69) is 4.98 Å². The van der Waals surface area contributed by atoms with Crippen molar-refractivity contribution in [3.63, 3.8) is 0 Å². The fourth-order valence-corrected chi connectivity index (χ4v) is 1.30. The van der Waals surface area contributed by atoms with Crippen LogP contribution in [0.1, 0.15) is 0 Å². The van der Waals surface area contributed by atoms with Crippen LogP contribution in [0.15, 0.2) is 18.3 Å². The van der Waals surface area contributed by atoms with Gasteiger partial charge in [0.2, 0.25) is 0 Å². The molecule has 2 aromatic rings. The molecular weight excluding hydrogens is 152 g/mol. The average Bonchev–Trinajstić information content (AvgIpc) is 2.48. The molecule has 0 aliphatic heterocycles. The van der Waals surface area contributed by atoms with Gasteiger partial charge in [-0.1, -0.05) is 0 Å². The molecule has 1 aromatic heterocycles. The third-order valence-electron chi connectivity index (χ3n) is 1.95. The lowest BCUT2D eigenvalue weighted by atomic mass is 10.1. The van der Waals surface area contributed by atoms with E-state index in [-0.39, 0.29) is 0 Å². The van der Waals surface area contributed by atoms with Crippen LogP contribution in [0.5, 0.6) is 0 Å². The molecule has 0 amide bonds. The van der Waals surface area contributed by atoms with E-state index < -0.39 is 0 Å². The summed E-state index contributed by atoms with van der Waals surface area (Å²) in [6, 6.07) is 3.55. The Morgan fingerprint density at radius 2 is 1.83 bits per heavy atom. The Morgan fingerprint density at radius 3 is 2.58 bits per heavy atom. The first-order valence-corrected chi connectivity index (χ1v) is 3.60. The monoisotopic (exact) mass is 162 g/mol. The van der Waals surface area contributed by atoms with Gasteiger partial charge >= 0.3 is 0 Å². The molecule has 0 bridgehead atoms. The van der Waals surface area contributed by atoms with E-state index in [0.29, 0.717) is 17.1 Å². The standard InChI is InChI=1S/C8H10N4/c9-5-3-6(10)7(11)8-4(5)1-2-12-8/h1-3,12H,9-11H2. The third-order valence-corrected chi connectivity index (χ3v) is 1.95. The number of hydrogen-bond donors (Lipinski definition) is 4. The van der Waals surface area contributed by atoms with Crippen LogP contribution in [0.25, 0.3) is 10.9 Å². The van der Waals surface area contributed by atoms with Crippen molar-refractivity contribution in [1.82, 2.24) is 4.98 Å². The highest BCUT2D eigenvalue weighted by Crippen LogP contribution is 2.30. The van der Waals surface area contributed by atoms with Gasteiger partial charge in [-0.25, -0.2) is 0 Å². The van der Waals surface area contributed by atoms with Crippen molar-refractivity contribution in [3.8, 4) is 0 Å². The fraction of sp³-hybridized carbons (Fsp3) is 0. The highest BCUT2D eigenvalue weighted by atomic mass is 14.8. The maximum Gasteiger partial charge on any atom is 0.0794 e. The predicted octanol–water partition coefficient (Wildman–Crippen LogP) is 0.915. The van der Waals surface area contributed by atoms with Crippen LogP contribution in [0.3, 0.4) is 0 Å². The van der Waals surface area contributed by atoms with E-state index in [0.717, 1.165) is 10.9 Å². The normalized spacial score (nSPS) is 10.7. The molecule has 0 spiro atoms. The maximum absolute atomic E-state index is 5.72. The van der Waals surface area contributed by atoms with Crippen LogP contribution in [-0.2, 0) is 0 Å². The van der Waals surface area contributed by atoms with Crippen molar-refractivity contribution in [2.24, 2.45) is 0 Å². The lowest BCUT2D eigenvalue weighted by molar-refractivity contribution is 1.48. The van der Waals surface area contributed by atoms with Gasteiger partial charge in [0.1, 0.15) is 0 Å². The van der Waals surface area contributed by atoms with Gasteiger partial charge in [0.15, 0.2) is 0 Å². The second kappa shape index (κ2) is 2.07. The Morgan fingerprint density at radius 1 is 1.08 bits per heavy atom. The SMILES string of the molecule is Nc1cc(N)c2cc[nH]c2c1N. The van der Waals surface area contributed by atoms with E-state index in [1.807, 2.05) is 6.07 Å². The van der Waals surface area contributed by atoms with Crippen LogP contribution in [0.4, 0.5) is 17.1 Å². The van der Waals surface area contributed by atoms with E-state index >= 15 is 0 Å². The van der Waals surface area contributed by atoms with Gasteiger partial charge < -0.3 is 22.2 Å². The summed E-state index contributed by atoms with van der Waals surface area (Å²) in [5.74, 6) is 0. The Bertz CT molecular complexity index is 430. The minimum atomic E-state index is 0.516. The van der Waals surface area contributed by atoms with Gasteiger partial charge in [-0.05, 0) is 12.1 Å². The van der Waals surface area contributed by atoms with Crippen molar-refractivity contribution in [3.05, 3.63) is 18.3 Å². The lowest BCUT2D eigenvalue weighted by Gasteiger charge is -2.03. The van der Waals surface area contributed by atoms with Crippen LogP contribution in [-0.4, -0.2) is 4.98 Å². The molecule has 0 atom stereocenters. The van der Waals surface area contributed by atoms with Crippen LogP contribution < -0.4 is 17.2 Å². The summed E-state index contributed by atoms with van der Waals surface area (Å²) in [7, 11) is 0. The van der Waals surface area contributed by atoms with Crippen LogP contribution in [0.2, 0.25) is 0 Å². The quantitative estimate of drug-likeness (QED) is 0.434. The molecule has 0 radical (unpaired) electrons. The van der Waals surface area contributed by atoms with Gasteiger partial charge in [0.25, 0.3) is 0 Å². The number of nitrogens with two attached hydrogens (primary N) is 3. The van der Waals surface area contributed by atoms with Crippen molar-refractivity contribution in [1.29, 1.82) is 0 Å². The topological polar surface area (TPSA) is 93.8 Å². The Balaban J connectivity index is 2.97. The lowest BCUT2D eigenvalue weighted by Crippen LogP contribution is -1.97. The number of hydrogen-bond acceptors (Lipinski definition) is 3. The number of anilines is 3. The molecule has 4 heteroatoms. The zero-order valence-corrected chi connectivity index (χ0v) is 6.46. The first-order chi connectivity index (χ1) is 5.70. The molecule has 0 fully saturated rings. The number of H-pyrrole nitrogens is 1. The summed E-state index contributed by atoms with van der Waals surface area (Å²) in [6.07, 6.45) is 1.79. The third kappa shape index (κ3) is 0.717. The number of aromatic nitrogens is 1. The highest BCUT2D eigenvalue weighted by molar-refractivity contribution is 6.03. The smallest absolute Gasteiger partial charge is 0.0794 e. The Hall–Kier alpha value is -1.84. The van der Waals surface area contributed by atoms with Gasteiger partial charge in [0.05, 0.1) is 16.9 Å². The minimum absolute atomic E-state index is 0.516. The molecule has 0 saturated carbocycles. The van der Waals surface area contributed by atoms with E-state index in [1.165, 1.54) is 0 Å². The molecule has 0 aliphatic carbocycles. The van der Waals surface area contributed by atoms with Crippen molar-refractivity contribution in [2.75, 3.05) is 17.2 Å². The maximum atomic E-state index is 5.72. The molecular formula is C8H10N4. The second-order valence-corrected chi connectivity index (χ2v) is 2.74. The summed E-state index contributed by atoms with van der Waals surface area (Å²) in [6.45, 7) is 0. The molecule has 0 aliphatic rings. The number of fused-ring (bicyclic) bond motifs is 1. The average molecular weight is 162 g/mol. The molecule has 0 saturated heterocycles. The van der Waals surface area contributed by atoms with E-state index in [4.69, 9.17) is 17.2 Å². The molecule has 1 heterocycles. The number of nitrogens with one attached hydrogen (secondary N) is 1. The second-order valence-electron chi connectivity index (χ2n) is 2.74. The van der Waals surface area contributed by atoms with Gasteiger partial charge in [-0.3, -0.25) is 0 Å². The first kappa shape index (κ1) is 6.84. The number of rotatable bonds is 0. The summed E-state index contributed by atoms with van der Waals surface area (Å²) >= 11 is 0. The molecule has 1 aromatic carbocycles. The molecule has 12 heavy (non-hydrogen) atoms. The van der Waals surface area contributed by atoms with E-state index in [1.54, 1.807) is 12.3 Å². The van der Waals surface area contributed by atoms with E-state index in [9.17, 15) is 0 Å². The number of benzene rings is 1. The number of nitrogen functional groups attached to an aromatic ring is 3. The molecule has 62 valence electrons. The first-order valence-electron chi connectivity index (χ1n) is 3.60. The fourth-order valence-electron chi connectivity index (χ4n) is 1.30. The Kier molecular flexibility index (Phi) is 1.18. The van der Waals surface area contributed by atoms with Crippen molar-refractivity contribution >= 4 is 28.0 Å². The zero-order chi connectivity index (χ0) is 8.72. The summed E-state index contributed by atoms with van der Waals surface area (Å²) in [5.41, 5.74) is 19.6. The minimum Gasteiger partial charge on any atom is -0.398 e. The van der Waals surface area contributed by atoms with Crippen molar-refractivity contribution in [2.45, 2.75) is 0 Å². The summed E-state index contributed by atoms with van der Waals surface area (Å²) in [4.78, 5) is 2.98. The van der Waals surface area contributed by atoms with Gasteiger partial charge in [-0.2, -0.15) is 0 Å². The van der Waals surface area contributed by atoms with Crippen LogP contribution >= 0.6 is 0 Å². The molecule has 7 N–H and O–H groups in total. The summed E-state index contributed by atoms with van der Waals surface area (Å²) in [5, 5.41) is 0.918. The van der Waals surface area contributed by atoms with Crippen molar-refractivity contribution < 1.29 is 0 Å². The Labute approximate surface area is 69.3 Å². The van der Waals surface area contributed by atoms with Gasteiger partial charge in [0, 0.05) is 17.3 Å². The summed E-state index contributed by atoms with van der Waals surface area (Å²) < 4.78 is 0. The molecule has 0 unspecified atom stereocenters. The predicted molar refractivity (Wildman–Crippen MR) is 51.5 cm³/mol. The number of aromatic amines is 1. The van der Waals surface area contributed by atoms with Gasteiger partial charge in [-0.15, -0.1) is 0 Å². The largest absolute Gasteiger partial charge is 0.398 e. The highest BCUT2D eigenvalue weighted by Gasteiger charge is 2.05. The van der Waals surface area contributed by atoms with Crippen LogP contribution in [0, 0.1) is 0 Å².